The van der Waals surface area contributed by atoms with E-state index in [-0.39, 0.29) is 22.7 Å². The molecule has 19 heavy (non-hydrogen) atoms. The predicted octanol–water partition coefficient (Wildman–Crippen LogP) is 1.73. The SMILES string of the molecule is COC(=O)c1cc([N+](=O)[O-])cc2c1CCN(I)C2=O. The number of non-ortho nitro benzene ring substituents is 1. The summed E-state index contributed by atoms with van der Waals surface area (Å²) in [5.74, 6) is -1.01. The summed E-state index contributed by atoms with van der Waals surface area (Å²) in [6, 6.07) is 2.36. The molecule has 0 fully saturated rings. The number of ether oxygens (including phenoxy) is 1. The molecule has 0 radical (unpaired) electrons. The average Bonchev–Trinajstić information content (AvgIpc) is 2.41. The number of benzene rings is 1. The predicted molar refractivity (Wildman–Crippen MR) is 73.2 cm³/mol. The third-order valence-corrected chi connectivity index (χ3v) is 3.78. The topological polar surface area (TPSA) is 89.8 Å². The van der Waals surface area contributed by atoms with E-state index < -0.39 is 10.9 Å². The Balaban J connectivity index is 2.67. The maximum absolute atomic E-state index is 12.0. The van der Waals surface area contributed by atoms with Gasteiger partial charge >= 0.3 is 5.97 Å². The molecule has 1 aromatic rings. The van der Waals surface area contributed by atoms with Gasteiger partial charge in [0, 0.05) is 18.7 Å². The number of methoxy groups -OCH3 is 1. The van der Waals surface area contributed by atoms with E-state index in [1.807, 2.05) is 22.9 Å². The molecule has 0 aromatic heterocycles. The van der Waals surface area contributed by atoms with E-state index in [0.29, 0.717) is 18.5 Å². The van der Waals surface area contributed by atoms with Crippen LogP contribution in [0.25, 0.3) is 0 Å². The van der Waals surface area contributed by atoms with E-state index in [1.54, 1.807) is 0 Å². The van der Waals surface area contributed by atoms with Crippen LogP contribution in [0, 0.1) is 10.1 Å². The summed E-state index contributed by atoms with van der Waals surface area (Å²) in [5.41, 5.74) is 0.495. The number of nitro groups is 1. The van der Waals surface area contributed by atoms with Crippen LogP contribution in [0.2, 0.25) is 0 Å². The van der Waals surface area contributed by atoms with Gasteiger partial charge in [-0.2, -0.15) is 0 Å². The monoisotopic (exact) mass is 376 g/mol. The number of nitrogens with zero attached hydrogens (tertiary/aromatic N) is 2. The number of carbonyl (C=O) groups excluding carboxylic acids is 2. The quantitative estimate of drug-likeness (QED) is 0.258. The highest BCUT2D eigenvalue weighted by atomic mass is 127. The number of hydrogen-bond donors (Lipinski definition) is 0. The van der Waals surface area contributed by atoms with Crippen molar-refractivity contribution in [1.82, 2.24) is 3.11 Å². The van der Waals surface area contributed by atoms with E-state index in [2.05, 4.69) is 4.74 Å². The van der Waals surface area contributed by atoms with Crippen molar-refractivity contribution >= 4 is 40.4 Å². The van der Waals surface area contributed by atoms with Gasteiger partial charge in [-0.25, -0.2) is 4.79 Å². The number of amides is 1. The van der Waals surface area contributed by atoms with Crippen molar-refractivity contribution < 1.29 is 19.2 Å². The smallest absolute Gasteiger partial charge is 0.338 e. The number of fused-ring (bicyclic) bond motifs is 1. The van der Waals surface area contributed by atoms with Crippen LogP contribution in [-0.2, 0) is 11.2 Å². The summed E-state index contributed by atoms with van der Waals surface area (Å²) in [5, 5.41) is 10.9. The first-order chi connectivity index (χ1) is 8.95. The molecule has 7 nitrogen and oxygen atoms in total. The second kappa shape index (κ2) is 5.11. The Morgan fingerprint density at radius 1 is 1.53 bits per heavy atom. The van der Waals surface area contributed by atoms with Crippen LogP contribution in [0.3, 0.4) is 0 Å². The van der Waals surface area contributed by atoms with Crippen molar-refractivity contribution in [3.8, 4) is 0 Å². The molecule has 100 valence electrons. The second-order valence-corrected chi connectivity index (χ2v) is 5.07. The minimum Gasteiger partial charge on any atom is -0.465 e. The fourth-order valence-corrected chi connectivity index (χ4v) is 2.46. The standard InChI is InChI=1S/C11H9IN2O5/c1-19-11(16)9-5-6(14(17)18)4-8-7(9)2-3-13(12)10(8)15/h4-5H,2-3H2,1H3. The molecule has 8 heteroatoms. The Morgan fingerprint density at radius 3 is 2.79 bits per heavy atom. The van der Waals surface area contributed by atoms with E-state index in [9.17, 15) is 19.7 Å². The Labute approximate surface area is 122 Å². The molecular weight excluding hydrogens is 367 g/mol. The highest BCUT2D eigenvalue weighted by molar-refractivity contribution is 14.1. The molecule has 0 aliphatic carbocycles. The highest BCUT2D eigenvalue weighted by Crippen LogP contribution is 2.29. The molecule has 1 aliphatic rings. The van der Waals surface area contributed by atoms with Crippen molar-refractivity contribution in [3.63, 3.8) is 0 Å². The Hall–Kier alpha value is -1.71. The molecule has 0 atom stereocenters. The van der Waals surface area contributed by atoms with Gasteiger partial charge in [-0.15, -0.1) is 0 Å². The van der Waals surface area contributed by atoms with Gasteiger partial charge in [-0.3, -0.25) is 18.0 Å². The van der Waals surface area contributed by atoms with Crippen LogP contribution in [0.1, 0.15) is 26.3 Å². The van der Waals surface area contributed by atoms with E-state index in [1.165, 1.54) is 16.3 Å². The van der Waals surface area contributed by atoms with Crippen LogP contribution in [0.5, 0.6) is 0 Å². The first kappa shape index (κ1) is 13.7. The van der Waals surface area contributed by atoms with Crippen LogP contribution in [-0.4, -0.2) is 33.6 Å². The number of halogens is 1. The van der Waals surface area contributed by atoms with Gasteiger partial charge in [0.05, 0.1) is 46.0 Å². The van der Waals surface area contributed by atoms with Gasteiger partial charge < -0.3 is 4.74 Å². The minimum atomic E-state index is -0.672. The van der Waals surface area contributed by atoms with Gasteiger partial charge in [-0.05, 0) is 12.0 Å². The lowest BCUT2D eigenvalue weighted by Crippen LogP contribution is -2.31. The number of carbonyl (C=O) groups is 2. The van der Waals surface area contributed by atoms with Gasteiger partial charge in [-0.1, -0.05) is 0 Å². The van der Waals surface area contributed by atoms with Crippen molar-refractivity contribution in [3.05, 3.63) is 38.9 Å². The van der Waals surface area contributed by atoms with Crippen LogP contribution in [0.4, 0.5) is 5.69 Å². The van der Waals surface area contributed by atoms with Gasteiger partial charge in [0.2, 0.25) is 0 Å². The minimum absolute atomic E-state index is 0.0875. The number of hydrogen-bond acceptors (Lipinski definition) is 5. The lowest BCUT2D eigenvalue weighted by Gasteiger charge is -2.24. The molecule has 1 amide bonds. The maximum Gasteiger partial charge on any atom is 0.338 e. The fourth-order valence-electron chi connectivity index (χ4n) is 1.96. The van der Waals surface area contributed by atoms with Crippen molar-refractivity contribution in [1.29, 1.82) is 0 Å². The van der Waals surface area contributed by atoms with E-state index >= 15 is 0 Å². The van der Waals surface area contributed by atoms with Crippen LogP contribution < -0.4 is 0 Å². The lowest BCUT2D eigenvalue weighted by atomic mass is 9.94. The zero-order valence-corrected chi connectivity index (χ0v) is 12.0. The molecule has 1 aromatic carbocycles. The summed E-state index contributed by atoms with van der Waals surface area (Å²) >= 11 is 1.84. The molecule has 1 heterocycles. The normalized spacial score (nSPS) is 14.0. The number of esters is 1. The van der Waals surface area contributed by atoms with Crippen LogP contribution >= 0.6 is 22.9 Å². The zero-order chi connectivity index (χ0) is 14.2. The van der Waals surface area contributed by atoms with Gasteiger partial charge in [0.15, 0.2) is 0 Å². The Kier molecular flexibility index (Phi) is 3.69. The number of nitro benzene ring substituents is 1. The zero-order valence-electron chi connectivity index (χ0n) is 9.88. The fraction of sp³-hybridized carbons (Fsp3) is 0.273. The Bertz CT molecular complexity index is 569. The summed E-state index contributed by atoms with van der Waals surface area (Å²) in [6.45, 7) is 0.453. The van der Waals surface area contributed by atoms with Crippen molar-refractivity contribution in [2.75, 3.05) is 13.7 Å². The molecule has 0 bridgehead atoms. The maximum atomic E-state index is 12.0. The molecule has 0 spiro atoms. The van der Waals surface area contributed by atoms with Gasteiger partial charge in [0.1, 0.15) is 0 Å². The second-order valence-electron chi connectivity index (χ2n) is 3.91. The summed E-state index contributed by atoms with van der Waals surface area (Å²) in [6.07, 6.45) is 0.465. The molecule has 0 unspecified atom stereocenters. The molecule has 0 N–H and O–H groups in total. The summed E-state index contributed by atoms with van der Waals surface area (Å²) in [7, 11) is 1.20. The van der Waals surface area contributed by atoms with Crippen molar-refractivity contribution in [2.24, 2.45) is 0 Å². The molecular formula is C11H9IN2O5. The van der Waals surface area contributed by atoms with E-state index in [0.717, 1.165) is 6.07 Å². The first-order valence-corrected chi connectivity index (χ1v) is 6.29. The number of rotatable bonds is 2. The van der Waals surface area contributed by atoms with E-state index in [4.69, 9.17) is 0 Å². The Morgan fingerprint density at radius 2 is 2.21 bits per heavy atom. The largest absolute Gasteiger partial charge is 0.465 e. The summed E-state index contributed by atoms with van der Waals surface area (Å²) in [4.78, 5) is 33.9. The lowest BCUT2D eigenvalue weighted by molar-refractivity contribution is -0.384. The van der Waals surface area contributed by atoms with Crippen molar-refractivity contribution in [2.45, 2.75) is 6.42 Å². The third kappa shape index (κ3) is 2.39. The third-order valence-electron chi connectivity index (χ3n) is 2.86. The first-order valence-electron chi connectivity index (χ1n) is 5.33. The molecule has 0 saturated heterocycles. The molecule has 2 rings (SSSR count). The average molecular weight is 376 g/mol. The molecule has 0 saturated carbocycles. The molecule has 1 aliphatic heterocycles. The summed E-state index contributed by atoms with van der Waals surface area (Å²) < 4.78 is 6.05. The van der Waals surface area contributed by atoms with Crippen LogP contribution in [0.15, 0.2) is 12.1 Å². The highest BCUT2D eigenvalue weighted by Gasteiger charge is 2.30. The van der Waals surface area contributed by atoms with Gasteiger partial charge in [0.25, 0.3) is 11.6 Å².